The second kappa shape index (κ2) is 8.87. The minimum absolute atomic E-state index is 0.0684. The molecule has 34 heavy (non-hydrogen) atoms. The fourth-order valence-electron chi connectivity index (χ4n) is 6.80. The summed E-state index contributed by atoms with van der Waals surface area (Å²) in [4.78, 5) is 24.9. The highest BCUT2D eigenvalue weighted by Gasteiger charge is 2.55. The standard InChI is InChI=1S/C27H32N4O3/c1-17(29-18(2)33)8-9-31-25(20-6-4-3-5-7-20)23(15-28-31)26(34)30-24-21-10-19-11-22(24)14-27(12-19,13-21)16-32/h3-9,15,19,21-22,24,32H,1,10-14,16H2,2H3,(H,29,33)(H,30,34)/b9-8+. The molecule has 1 aromatic heterocycles. The van der Waals surface area contributed by atoms with E-state index in [1.165, 1.54) is 6.92 Å². The van der Waals surface area contributed by atoms with Crippen LogP contribution in [-0.2, 0) is 4.79 Å². The minimum atomic E-state index is -0.197. The Bertz CT molecular complexity index is 1120. The van der Waals surface area contributed by atoms with Crippen molar-refractivity contribution in [3.05, 3.63) is 60.4 Å². The Labute approximate surface area is 199 Å². The van der Waals surface area contributed by atoms with Gasteiger partial charge in [-0.15, -0.1) is 0 Å². The molecule has 2 unspecified atom stereocenters. The number of aliphatic hydroxyl groups excluding tert-OH is 1. The lowest BCUT2D eigenvalue weighted by Gasteiger charge is -2.59. The number of aliphatic hydroxyl groups is 1. The van der Waals surface area contributed by atoms with E-state index in [1.54, 1.807) is 23.2 Å². The van der Waals surface area contributed by atoms with E-state index in [2.05, 4.69) is 22.3 Å². The first kappa shape index (κ1) is 22.6. The van der Waals surface area contributed by atoms with Gasteiger partial charge in [-0.2, -0.15) is 5.10 Å². The van der Waals surface area contributed by atoms with Gasteiger partial charge in [0.05, 0.1) is 17.5 Å². The molecular formula is C27H32N4O3. The molecule has 4 aliphatic carbocycles. The van der Waals surface area contributed by atoms with E-state index in [9.17, 15) is 14.7 Å². The van der Waals surface area contributed by atoms with Crippen LogP contribution >= 0.6 is 0 Å². The molecule has 0 radical (unpaired) electrons. The maximum atomic E-state index is 13.6. The molecule has 0 aliphatic heterocycles. The van der Waals surface area contributed by atoms with Gasteiger partial charge in [-0.3, -0.25) is 9.59 Å². The van der Waals surface area contributed by atoms with Crippen molar-refractivity contribution >= 4 is 18.0 Å². The van der Waals surface area contributed by atoms with Crippen molar-refractivity contribution in [3.63, 3.8) is 0 Å². The molecule has 4 fully saturated rings. The highest BCUT2D eigenvalue weighted by molar-refractivity contribution is 6.00. The maximum Gasteiger partial charge on any atom is 0.255 e. The monoisotopic (exact) mass is 460 g/mol. The molecule has 0 saturated heterocycles. The van der Waals surface area contributed by atoms with Crippen molar-refractivity contribution in [1.29, 1.82) is 0 Å². The Morgan fingerprint density at radius 3 is 2.56 bits per heavy atom. The molecule has 2 atom stereocenters. The van der Waals surface area contributed by atoms with Crippen LogP contribution in [0.1, 0.15) is 49.4 Å². The molecule has 7 nitrogen and oxygen atoms in total. The lowest BCUT2D eigenvalue weighted by atomic mass is 9.48. The molecule has 6 rings (SSSR count). The zero-order valence-corrected chi connectivity index (χ0v) is 19.5. The van der Waals surface area contributed by atoms with Crippen LogP contribution in [0.4, 0.5) is 0 Å². The van der Waals surface area contributed by atoms with Crippen LogP contribution in [0.2, 0.25) is 0 Å². The third-order valence-corrected chi connectivity index (χ3v) is 7.87. The van der Waals surface area contributed by atoms with Crippen LogP contribution in [0, 0.1) is 23.2 Å². The predicted octanol–water partition coefficient (Wildman–Crippen LogP) is 3.59. The van der Waals surface area contributed by atoms with E-state index < -0.39 is 0 Å². The van der Waals surface area contributed by atoms with Crippen LogP contribution in [-0.4, -0.2) is 39.4 Å². The fourth-order valence-corrected chi connectivity index (χ4v) is 6.80. The van der Waals surface area contributed by atoms with E-state index in [0.29, 0.717) is 34.7 Å². The molecule has 2 aromatic rings. The van der Waals surface area contributed by atoms with Crippen molar-refractivity contribution in [3.8, 4) is 11.3 Å². The Hall–Kier alpha value is -3.19. The van der Waals surface area contributed by atoms with Gasteiger partial charge in [0.1, 0.15) is 0 Å². The molecule has 4 aliphatic rings. The third-order valence-electron chi connectivity index (χ3n) is 7.87. The molecular weight excluding hydrogens is 428 g/mol. The Kier molecular flexibility index (Phi) is 5.90. The number of hydrogen-bond donors (Lipinski definition) is 3. The first-order valence-corrected chi connectivity index (χ1v) is 12.1. The van der Waals surface area contributed by atoms with Crippen molar-refractivity contribution in [2.24, 2.45) is 23.2 Å². The van der Waals surface area contributed by atoms with E-state index >= 15 is 0 Å². The number of aromatic nitrogens is 2. The summed E-state index contributed by atoms with van der Waals surface area (Å²) in [6.07, 6.45) is 10.4. The zero-order valence-electron chi connectivity index (χ0n) is 19.5. The Balaban J connectivity index is 1.41. The topological polar surface area (TPSA) is 96.2 Å². The van der Waals surface area contributed by atoms with Crippen LogP contribution in [0.5, 0.6) is 0 Å². The van der Waals surface area contributed by atoms with Gasteiger partial charge in [0.2, 0.25) is 5.91 Å². The number of carbonyl (C=O) groups is 2. The average Bonchev–Trinajstić information content (AvgIpc) is 3.24. The van der Waals surface area contributed by atoms with Crippen LogP contribution < -0.4 is 10.6 Å². The summed E-state index contributed by atoms with van der Waals surface area (Å²) in [5, 5.41) is 20.5. The largest absolute Gasteiger partial charge is 0.396 e. The third kappa shape index (κ3) is 4.20. The molecule has 4 saturated carbocycles. The second-order valence-corrected chi connectivity index (χ2v) is 10.4. The summed E-state index contributed by atoms with van der Waals surface area (Å²) in [6.45, 7) is 5.52. The lowest BCUT2D eigenvalue weighted by Crippen LogP contribution is -2.60. The zero-order chi connectivity index (χ0) is 23.9. The molecule has 3 N–H and O–H groups in total. The molecule has 1 aromatic carbocycles. The molecule has 178 valence electrons. The van der Waals surface area contributed by atoms with E-state index in [4.69, 9.17) is 0 Å². The van der Waals surface area contributed by atoms with E-state index in [-0.39, 0.29) is 29.9 Å². The number of nitrogens with zero attached hydrogens (tertiary/aromatic N) is 2. The van der Waals surface area contributed by atoms with E-state index in [1.807, 2.05) is 30.3 Å². The lowest BCUT2D eigenvalue weighted by molar-refractivity contribution is -0.118. The smallest absolute Gasteiger partial charge is 0.255 e. The van der Waals surface area contributed by atoms with Gasteiger partial charge in [0.15, 0.2) is 0 Å². The molecule has 0 spiro atoms. The number of hydrogen-bond acceptors (Lipinski definition) is 4. The van der Waals surface area contributed by atoms with E-state index in [0.717, 1.165) is 37.7 Å². The number of nitrogens with one attached hydrogen (secondary N) is 2. The van der Waals surface area contributed by atoms with Gasteiger partial charge in [-0.1, -0.05) is 36.9 Å². The number of rotatable bonds is 7. The summed E-state index contributed by atoms with van der Waals surface area (Å²) in [5.41, 5.74) is 2.61. The van der Waals surface area contributed by atoms with Crippen molar-refractivity contribution in [2.75, 3.05) is 6.61 Å². The molecule has 7 heteroatoms. The van der Waals surface area contributed by atoms with Gasteiger partial charge in [0, 0.05) is 37.0 Å². The molecule has 2 amide bonds. The normalized spacial score (nSPS) is 29.4. The van der Waals surface area contributed by atoms with Crippen molar-refractivity contribution in [1.82, 2.24) is 20.4 Å². The SMILES string of the molecule is C=C(/C=C/n1ncc(C(=O)NC2C3CC4CC2CC(CO)(C4)C3)c1-c1ccccc1)NC(C)=O. The number of carbonyl (C=O) groups excluding carboxylic acids is 2. The first-order chi connectivity index (χ1) is 16.4. The summed E-state index contributed by atoms with van der Waals surface area (Å²) in [6, 6.07) is 9.85. The maximum absolute atomic E-state index is 13.6. The van der Waals surface area contributed by atoms with Crippen molar-refractivity contribution in [2.45, 2.75) is 45.1 Å². The van der Waals surface area contributed by atoms with Crippen LogP contribution in [0.25, 0.3) is 17.5 Å². The quantitative estimate of drug-likeness (QED) is 0.550. The number of benzene rings is 1. The van der Waals surface area contributed by atoms with Crippen molar-refractivity contribution < 1.29 is 14.7 Å². The fraction of sp³-hybridized carbons (Fsp3) is 0.444. The summed E-state index contributed by atoms with van der Waals surface area (Å²) < 4.78 is 1.65. The average molecular weight is 461 g/mol. The second-order valence-electron chi connectivity index (χ2n) is 10.4. The predicted molar refractivity (Wildman–Crippen MR) is 130 cm³/mol. The van der Waals surface area contributed by atoms with Gasteiger partial charge in [-0.25, -0.2) is 4.68 Å². The Morgan fingerprint density at radius 1 is 1.21 bits per heavy atom. The summed E-state index contributed by atoms with van der Waals surface area (Å²) >= 11 is 0. The van der Waals surface area contributed by atoms with Crippen LogP contribution in [0.15, 0.2) is 54.9 Å². The first-order valence-electron chi connectivity index (χ1n) is 12.1. The Morgan fingerprint density at radius 2 is 1.91 bits per heavy atom. The highest BCUT2D eigenvalue weighted by atomic mass is 16.3. The van der Waals surface area contributed by atoms with Gasteiger partial charge < -0.3 is 15.7 Å². The number of amides is 2. The minimum Gasteiger partial charge on any atom is -0.396 e. The highest BCUT2D eigenvalue weighted by Crippen LogP contribution is 2.59. The summed E-state index contributed by atoms with van der Waals surface area (Å²) in [7, 11) is 0. The van der Waals surface area contributed by atoms with Gasteiger partial charge in [0.25, 0.3) is 5.91 Å². The number of allylic oxidation sites excluding steroid dienone is 1. The summed E-state index contributed by atoms with van der Waals surface area (Å²) in [5.74, 6) is 1.23. The molecule has 4 bridgehead atoms. The molecule has 1 heterocycles. The van der Waals surface area contributed by atoms with Gasteiger partial charge in [-0.05, 0) is 61.3 Å². The van der Waals surface area contributed by atoms with Gasteiger partial charge >= 0.3 is 0 Å². The van der Waals surface area contributed by atoms with Crippen LogP contribution in [0.3, 0.4) is 0 Å².